The number of methoxy groups -OCH3 is 1. The molecule has 0 unspecified atom stereocenters. The summed E-state index contributed by atoms with van der Waals surface area (Å²) < 4.78 is 21.2. The van der Waals surface area contributed by atoms with Crippen LogP contribution in [0.4, 0.5) is 4.39 Å². The highest BCUT2D eigenvalue weighted by Crippen LogP contribution is 2.49. The van der Waals surface area contributed by atoms with Gasteiger partial charge in [-0.05, 0) is 29.8 Å². The topological polar surface area (TPSA) is 84.7 Å². The normalized spacial score (nSPS) is 23.8. The molecule has 1 fully saturated rings. The van der Waals surface area contributed by atoms with Crippen molar-refractivity contribution in [2.75, 3.05) is 13.7 Å². The fraction of sp³-hybridized carbons (Fsp3) is 0.320. The third-order valence-corrected chi connectivity index (χ3v) is 6.90. The molecule has 1 aromatic carbocycles. The molecule has 33 heavy (non-hydrogen) atoms. The average Bonchev–Trinajstić information content (AvgIpc) is 3.04. The lowest BCUT2D eigenvalue weighted by Crippen LogP contribution is -2.46. The van der Waals surface area contributed by atoms with Crippen LogP contribution in [-0.4, -0.2) is 45.3 Å². The Labute approximate surface area is 190 Å². The Hall–Kier alpha value is -3.36. The fourth-order valence-electron chi connectivity index (χ4n) is 5.43. The minimum absolute atomic E-state index is 0.215. The first-order chi connectivity index (χ1) is 16.0. The third kappa shape index (κ3) is 3.46. The predicted molar refractivity (Wildman–Crippen MR) is 118 cm³/mol. The predicted octanol–water partition coefficient (Wildman–Crippen LogP) is 2.39. The molecule has 2 bridgehead atoms. The Kier molecular flexibility index (Phi) is 5.55. The molecule has 0 aliphatic carbocycles. The van der Waals surface area contributed by atoms with Crippen LogP contribution < -0.4 is 5.56 Å². The molecule has 1 saturated heterocycles. The Balaban J connectivity index is 1.65. The van der Waals surface area contributed by atoms with Crippen LogP contribution in [0.1, 0.15) is 17.3 Å². The maximum Gasteiger partial charge on any atom is 0.311 e. The van der Waals surface area contributed by atoms with E-state index in [4.69, 9.17) is 4.74 Å². The standard InChI is InChI=1S/C25H24FN3O4/c1-33-25(32)22-18(14-30)21-13-29-20(23(22)28(21)12-15-5-4-10-27-11-15)9-8-17(24(29)31)16-6-2-3-7-19(16)26/h2-11,18,21-23,30H,12-14H2,1H3/t18-,21-,22+,23+/m0/s1. The van der Waals surface area contributed by atoms with Crippen molar-refractivity contribution >= 4 is 5.97 Å². The van der Waals surface area contributed by atoms with Gasteiger partial charge in [0.1, 0.15) is 5.82 Å². The number of aliphatic hydroxyl groups excluding tert-OH is 1. The number of aliphatic hydroxyl groups is 1. The maximum atomic E-state index is 14.4. The summed E-state index contributed by atoms with van der Waals surface area (Å²) in [5.41, 5.74) is 1.83. The monoisotopic (exact) mass is 449 g/mol. The van der Waals surface area contributed by atoms with Gasteiger partial charge < -0.3 is 14.4 Å². The molecule has 170 valence electrons. The summed E-state index contributed by atoms with van der Waals surface area (Å²) in [7, 11) is 1.33. The summed E-state index contributed by atoms with van der Waals surface area (Å²) in [6.45, 7) is 0.579. The lowest BCUT2D eigenvalue weighted by Gasteiger charge is -2.38. The zero-order chi connectivity index (χ0) is 23.1. The van der Waals surface area contributed by atoms with Gasteiger partial charge in [-0.2, -0.15) is 0 Å². The zero-order valence-corrected chi connectivity index (χ0v) is 18.1. The molecular weight excluding hydrogens is 425 g/mol. The highest BCUT2D eigenvalue weighted by atomic mass is 19.1. The van der Waals surface area contributed by atoms with Gasteiger partial charge in [-0.1, -0.05) is 24.3 Å². The Morgan fingerprint density at radius 2 is 2.00 bits per heavy atom. The van der Waals surface area contributed by atoms with E-state index in [0.29, 0.717) is 12.2 Å². The first-order valence-corrected chi connectivity index (χ1v) is 10.9. The summed E-state index contributed by atoms with van der Waals surface area (Å²) in [6, 6.07) is 12.7. The lowest BCUT2D eigenvalue weighted by molar-refractivity contribution is -0.148. The van der Waals surface area contributed by atoms with Crippen LogP contribution in [0.15, 0.2) is 65.7 Å². The van der Waals surface area contributed by atoms with Gasteiger partial charge >= 0.3 is 5.97 Å². The van der Waals surface area contributed by atoms with E-state index >= 15 is 0 Å². The number of hydrogen-bond donors (Lipinski definition) is 1. The quantitative estimate of drug-likeness (QED) is 0.602. The van der Waals surface area contributed by atoms with Gasteiger partial charge in [-0.15, -0.1) is 0 Å². The van der Waals surface area contributed by atoms with E-state index in [1.54, 1.807) is 47.3 Å². The molecule has 2 aromatic heterocycles. The van der Waals surface area contributed by atoms with E-state index in [-0.39, 0.29) is 35.9 Å². The number of esters is 1. The van der Waals surface area contributed by atoms with Gasteiger partial charge in [0.05, 0.1) is 24.6 Å². The number of halogens is 1. The summed E-state index contributed by atoms with van der Waals surface area (Å²) in [5.74, 6) is -1.92. The number of hydrogen-bond acceptors (Lipinski definition) is 6. The van der Waals surface area contributed by atoms with E-state index in [1.807, 2.05) is 12.1 Å². The molecule has 4 atom stereocenters. The molecule has 2 aliphatic rings. The minimum atomic E-state index is -0.630. The SMILES string of the molecule is COC(=O)[C@@H]1[C@@H](CO)[C@@H]2Cn3c(ccc(-c4ccccc4F)c3=O)[C@H]1N2Cc1cccnc1. The van der Waals surface area contributed by atoms with Gasteiger partial charge in [-0.3, -0.25) is 19.5 Å². The summed E-state index contributed by atoms with van der Waals surface area (Å²) in [5, 5.41) is 10.2. The second-order valence-electron chi connectivity index (χ2n) is 8.51. The van der Waals surface area contributed by atoms with Gasteiger partial charge in [0.25, 0.3) is 5.56 Å². The van der Waals surface area contributed by atoms with Gasteiger partial charge in [0.2, 0.25) is 0 Å². The second kappa shape index (κ2) is 8.53. The lowest BCUT2D eigenvalue weighted by atomic mass is 9.87. The fourth-order valence-corrected chi connectivity index (χ4v) is 5.43. The molecule has 3 aromatic rings. The zero-order valence-electron chi connectivity index (χ0n) is 18.1. The number of fused-ring (bicyclic) bond motifs is 4. The van der Waals surface area contributed by atoms with E-state index in [1.165, 1.54) is 13.2 Å². The van der Waals surface area contributed by atoms with Gasteiger partial charge in [-0.25, -0.2) is 4.39 Å². The molecule has 0 spiro atoms. The number of carbonyl (C=O) groups excluding carboxylic acids is 1. The molecule has 0 radical (unpaired) electrons. The molecule has 4 heterocycles. The van der Waals surface area contributed by atoms with Crippen molar-refractivity contribution < 1.29 is 19.0 Å². The summed E-state index contributed by atoms with van der Waals surface area (Å²) in [4.78, 5) is 32.7. The molecule has 8 heteroatoms. The van der Waals surface area contributed by atoms with Crippen molar-refractivity contribution in [1.82, 2.24) is 14.5 Å². The van der Waals surface area contributed by atoms with Gasteiger partial charge in [0, 0.05) is 55.3 Å². The highest BCUT2D eigenvalue weighted by Gasteiger charge is 2.56. The Bertz CT molecular complexity index is 1250. The van der Waals surface area contributed by atoms with Crippen molar-refractivity contribution in [3.8, 4) is 11.1 Å². The number of carbonyl (C=O) groups is 1. The molecule has 1 N–H and O–H groups in total. The van der Waals surface area contributed by atoms with Crippen LogP contribution in [0.2, 0.25) is 0 Å². The van der Waals surface area contributed by atoms with Crippen molar-refractivity contribution in [1.29, 1.82) is 0 Å². The number of pyridine rings is 2. The number of benzene rings is 1. The van der Waals surface area contributed by atoms with Crippen molar-refractivity contribution in [3.05, 3.63) is 88.4 Å². The first-order valence-electron chi connectivity index (χ1n) is 10.9. The van der Waals surface area contributed by atoms with Crippen LogP contribution in [0.25, 0.3) is 11.1 Å². The number of aromatic nitrogens is 2. The third-order valence-electron chi connectivity index (χ3n) is 6.90. The molecule has 5 rings (SSSR count). The van der Waals surface area contributed by atoms with E-state index in [0.717, 1.165) is 5.56 Å². The number of ether oxygens (including phenoxy) is 1. The molecule has 0 saturated carbocycles. The molecule has 0 amide bonds. The van der Waals surface area contributed by atoms with Crippen molar-refractivity contribution in [2.24, 2.45) is 11.8 Å². The second-order valence-corrected chi connectivity index (χ2v) is 8.51. The number of nitrogens with zero attached hydrogens (tertiary/aromatic N) is 3. The summed E-state index contributed by atoms with van der Waals surface area (Å²) in [6.07, 6.45) is 3.46. The van der Waals surface area contributed by atoms with Crippen LogP contribution in [0, 0.1) is 17.7 Å². The van der Waals surface area contributed by atoms with E-state index in [2.05, 4.69) is 9.88 Å². The Morgan fingerprint density at radius 1 is 1.18 bits per heavy atom. The molecule has 7 nitrogen and oxygen atoms in total. The van der Waals surface area contributed by atoms with Crippen LogP contribution >= 0.6 is 0 Å². The number of rotatable bonds is 5. The minimum Gasteiger partial charge on any atom is -0.469 e. The smallest absolute Gasteiger partial charge is 0.311 e. The van der Waals surface area contributed by atoms with Crippen LogP contribution in [0.3, 0.4) is 0 Å². The Morgan fingerprint density at radius 3 is 2.70 bits per heavy atom. The average molecular weight is 449 g/mol. The first kappa shape index (κ1) is 21.5. The summed E-state index contributed by atoms with van der Waals surface area (Å²) >= 11 is 0. The van der Waals surface area contributed by atoms with E-state index < -0.39 is 29.7 Å². The van der Waals surface area contributed by atoms with Crippen molar-refractivity contribution in [2.45, 2.75) is 25.2 Å². The largest absolute Gasteiger partial charge is 0.469 e. The maximum absolute atomic E-state index is 14.4. The molecule has 2 aliphatic heterocycles. The van der Waals surface area contributed by atoms with Crippen molar-refractivity contribution in [3.63, 3.8) is 0 Å². The molecular formula is C25H24FN3O4. The van der Waals surface area contributed by atoms with Crippen LogP contribution in [0.5, 0.6) is 0 Å². The van der Waals surface area contributed by atoms with Gasteiger partial charge in [0.15, 0.2) is 0 Å². The highest BCUT2D eigenvalue weighted by molar-refractivity contribution is 5.75. The van der Waals surface area contributed by atoms with Crippen LogP contribution in [-0.2, 0) is 22.6 Å². The van der Waals surface area contributed by atoms with E-state index in [9.17, 15) is 19.1 Å².